The van der Waals surface area contributed by atoms with Crippen LogP contribution in [0.3, 0.4) is 0 Å². The molecule has 0 heterocycles. The molecule has 1 N–H and O–H groups in total. The van der Waals surface area contributed by atoms with E-state index in [1.165, 1.54) is 16.8 Å². The number of rotatable bonds is 5. The summed E-state index contributed by atoms with van der Waals surface area (Å²) in [5.41, 5.74) is 3.69. The summed E-state index contributed by atoms with van der Waals surface area (Å²) >= 11 is 9.60. The molecule has 1 atom stereocenters. The van der Waals surface area contributed by atoms with Gasteiger partial charge in [-0.1, -0.05) is 29.8 Å². The molecular formula is C17H20BrClN2. The lowest BCUT2D eigenvalue weighted by Gasteiger charge is -2.22. The maximum atomic E-state index is 5.92. The molecule has 2 aromatic carbocycles. The minimum Gasteiger partial charge on any atom is -0.369 e. The van der Waals surface area contributed by atoms with Crippen LogP contribution in [-0.4, -0.2) is 14.1 Å². The molecular weight excluding hydrogens is 348 g/mol. The maximum Gasteiger partial charge on any atom is 0.0511 e. The van der Waals surface area contributed by atoms with Gasteiger partial charge in [0.2, 0.25) is 0 Å². The van der Waals surface area contributed by atoms with E-state index in [2.05, 4.69) is 70.4 Å². The fourth-order valence-corrected chi connectivity index (χ4v) is 3.04. The van der Waals surface area contributed by atoms with Gasteiger partial charge < -0.3 is 10.2 Å². The van der Waals surface area contributed by atoms with Crippen molar-refractivity contribution in [3.05, 3.63) is 63.1 Å². The molecule has 4 heteroatoms. The smallest absolute Gasteiger partial charge is 0.0511 e. The molecule has 0 saturated carbocycles. The van der Waals surface area contributed by atoms with Gasteiger partial charge in [-0.25, -0.2) is 0 Å². The number of halogens is 2. The van der Waals surface area contributed by atoms with Crippen LogP contribution in [0.2, 0.25) is 5.02 Å². The highest BCUT2D eigenvalue weighted by Crippen LogP contribution is 2.29. The third kappa shape index (κ3) is 4.22. The summed E-state index contributed by atoms with van der Waals surface area (Å²) in [7, 11) is 4.06. The zero-order chi connectivity index (χ0) is 15.4. The van der Waals surface area contributed by atoms with Crippen LogP contribution in [0.15, 0.2) is 46.9 Å². The quantitative estimate of drug-likeness (QED) is 0.798. The lowest BCUT2D eigenvalue weighted by Crippen LogP contribution is -2.17. The second-order valence-corrected chi connectivity index (χ2v) is 6.49. The fourth-order valence-electron chi connectivity index (χ4n) is 2.22. The topological polar surface area (TPSA) is 15.3 Å². The molecule has 0 radical (unpaired) electrons. The first kappa shape index (κ1) is 16.3. The van der Waals surface area contributed by atoms with E-state index >= 15 is 0 Å². The first-order valence-electron chi connectivity index (χ1n) is 6.93. The molecule has 2 rings (SSSR count). The van der Waals surface area contributed by atoms with Crippen LogP contribution in [0.25, 0.3) is 0 Å². The van der Waals surface area contributed by atoms with Gasteiger partial charge in [0, 0.05) is 29.1 Å². The van der Waals surface area contributed by atoms with Gasteiger partial charge in [0.1, 0.15) is 0 Å². The molecule has 0 amide bonds. The zero-order valence-corrected chi connectivity index (χ0v) is 14.9. The van der Waals surface area contributed by atoms with Crippen LogP contribution in [0.4, 0.5) is 5.69 Å². The average Bonchev–Trinajstić information content (AvgIpc) is 2.48. The minimum absolute atomic E-state index is 0.344. The Kier molecular flexibility index (Phi) is 5.68. The lowest BCUT2D eigenvalue weighted by atomic mass is 10.1. The lowest BCUT2D eigenvalue weighted by molar-refractivity contribution is 0.652. The zero-order valence-electron chi connectivity index (χ0n) is 12.5. The Labute approximate surface area is 140 Å². The van der Waals surface area contributed by atoms with Crippen LogP contribution in [0.1, 0.15) is 24.1 Å². The van der Waals surface area contributed by atoms with Crippen LogP contribution >= 0.6 is 27.5 Å². The summed E-state index contributed by atoms with van der Waals surface area (Å²) in [6.07, 6.45) is 0. The molecule has 0 aromatic heterocycles. The largest absolute Gasteiger partial charge is 0.369 e. The number of hydrogen-bond donors (Lipinski definition) is 1. The van der Waals surface area contributed by atoms with E-state index in [1.807, 2.05) is 19.2 Å². The van der Waals surface area contributed by atoms with Crippen molar-refractivity contribution in [2.45, 2.75) is 19.5 Å². The molecule has 1 unspecified atom stereocenters. The maximum absolute atomic E-state index is 5.92. The van der Waals surface area contributed by atoms with Crippen molar-refractivity contribution < 1.29 is 0 Å². The van der Waals surface area contributed by atoms with Crippen molar-refractivity contribution in [2.75, 3.05) is 19.0 Å². The predicted molar refractivity (Wildman–Crippen MR) is 95.2 cm³/mol. The van der Waals surface area contributed by atoms with E-state index in [0.29, 0.717) is 6.04 Å². The van der Waals surface area contributed by atoms with Crippen LogP contribution in [0.5, 0.6) is 0 Å². The van der Waals surface area contributed by atoms with E-state index in [0.717, 1.165) is 16.0 Å². The van der Waals surface area contributed by atoms with Crippen molar-refractivity contribution >= 4 is 33.2 Å². The monoisotopic (exact) mass is 366 g/mol. The fraction of sp³-hybridized carbons (Fsp3) is 0.294. The van der Waals surface area contributed by atoms with Gasteiger partial charge in [0.15, 0.2) is 0 Å². The van der Waals surface area contributed by atoms with E-state index in [9.17, 15) is 0 Å². The highest BCUT2D eigenvalue weighted by molar-refractivity contribution is 9.10. The van der Waals surface area contributed by atoms with Crippen LogP contribution in [-0.2, 0) is 6.54 Å². The average molecular weight is 368 g/mol. The summed E-state index contributed by atoms with van der Waals surface area (Å²) < 4.78 is 1.11. The number of hydrogen-bond acceptors (Lipinski definition) is 2. The first-order valence-corrected chi connectivity index (χ1v) is 8.10. The molecule has 112 valence electrons. The summed E-state index contributed by atoms with van der Waals surface area (Å²) in [6.45, 7) is 3.00. The van der Waals surface area contributed by atoms with Gasteiger partial charge in [-0.15, -0.1) is 0 Å². The molecule has 21 heavy (non-hydrogen) atoms. The van der Waals surface area contributed by atoms with Crippen molar-refractivity contribution in [1.82, 2.24) is 5.32 Å². The Hall–Kier alpha value is -1.03. The van der Waals surface area contributed by atoms with Gasteiger partial charge >= 0.3 is 0 Å². The van der Waals surface area contributed by atoms with Gasteiger partial charge in [0.05, 0.1) is 5.69 Å². The van der Waals surface area contributed by atoms with Crippen LogP contribution in [0, 0.1) is 0 Å². The Morgan fingerprint density at radius 3 is 2.43 bits per heavy atom. The Balaban J connectivity index is 2.15. The van der Waals surface area contributed by atoms with Crippen molar-refractivity contribution in [3.63, 3.8) is 0 Å². The first-order chi connectivity index (χ1) is 10.0. The molecule has 0 spiro atoms. The highest BCUT2D eigenvalue weighted by Gasteiger charge is 2.10. The molecule has 0 aliphatic heterocycles. The number of nitrogens with one attached hydrogen (secondary N) is 1. The number of nitrogens with zero attached hydrogens (tertiary/aromatic N) is 1. The van der Waals surface area contributed by atoms with Crippen LogP contribution < -0.4 is 10.2 Å². The third-order valence-corrected chi connectivity index (χ3v) is 4.54. The Bertz CT molecular complexity index is 598. The number of benzene rings is 2. The molecule has 0 saturated heterocycles. The van der Waals surface area contributed by atoms with E-state index < -0.39 is 0 Å². The van der Waals surface area contributed by atoms with Gasteiger partial charge in [-0.3, -0.25) is 0 Å². The number of anilines is 1. The molecule has 0 aliphatic carbocycles. The second kappa shape index (κ2) is 7.30. The van der Waals surface area contributed by atoms with E-state index in [1.54, 1.807) is 0 Å². The molecule has 2 nitrogen and oxygen atoms in total. The summed E-state index contributed by atoms with van der Waals surface area (Å²) in [5, 5.41) is 4.03. The third-order valence-electron chi connectivity index (χ3n) is 3.65. The van der Waals surface area contributed by atoms with Gasteiger partial charge in [0.25, 0.3) is 0 Å². The minimum atomic E-state index is 0.344. The van der Waals surface area contributed by atoms with Crippen molar-refractivity contribution in [3.8, 4) is 0 Å². The predicted octanol–water partition coefficient (Wildman–Crippen LogP) is 5.02. The molecule has 0 aliphatic rings. The summed E-state index contributed by atoms with van der Waals surface area (Å²) in [4.78, 5) is 2.22. The molecule has 2 aromatic rings. The van der Waals surface area contributed by atoms with Crippen molar-refractivity contribution in [1.29, 1.82) is 0 Å². The summed E-state index contributed by atoms with van der Waals surface area (Å²) in [6, 6.07) is 14.8. The van der Waals surface area contributed by atoms with Gasteiger partial charge in [-0.2, -0.15) is 0 Å². The normalized spacial score (nSPS) is 12.2. The van der Waals surface area contributed by atoms with E-state index in [4.69, 9.17) is 11.6 Å². The van der Waals surface area contributed by atoms with E-state index in [-0.39, 0.29) is 0 Å². The molecule has 0 bridgehead atoms. The van der Waals surface area contributed by atoms with Crippen molar-refractivity contribution in [2.24, 2.45) is 0 Å². The van der Waals surface area contributed by atoms with Gasteiger partial charge in [-0.05, 0) is 65.3 Å². The Morgan fingerprint density at radius 1 is 1.19 bits per heavy atom. The SMILES string of the molecule is CNC(C)c1ccc(N(C)Cc2ccc(Cl)cc2)c(Br)c1. The molecule has 0 fully saturated rings. The second-order valence-electron chi connectivity index (χ2n) is 5.20. The summed E-state index contributed by atoms with van der Waals surface area (Å²) in [5.74, 6) is 0. The standard InChI is InChI=1S/C17H20BrClN2/c1-12(20-2)14-6-9-17(16(18)10-14)21(3)11-13-4-7-15(19)8-5-13/h4-10,12,20H,11H2,1-3H3. The Morgan fingerprint density at radius 2 is 1.86 bits per heavy atom. The highest BCUT2D eigenvalue weighted by atomic mass is 79.9.